The van der Waals surface area contributed by atoms with Crippen molar-refractivity contribution in [2.75, 3.05) is 38.5 Å². The van der Waals surface area contributed by atoms with Crippen LogP contribution in [0.3, 0.4) is 0 Å². The van der Waals surface area contributed by atoms with Gasteiger partial charge in [-0.05, 0) is 61.4 Å². The van der Waals surface area contributed by atoms with Crippen LogP contribution in [0.2, 0.25) is 0 Å². The third-order valence-corrected chi connectivity index (χ3v) is 11.2. The highest BCUT2D eigenvalue weighted by atomic mass is 16.5. The Labute approximate surface area is 276 Å². The number of aliphatic hydroxyl groups is 1. The number of anilines is 1. The predicted molar refractivity (Wildman–Crippen MR) is 174 cm³/mol. The molecule has 8 rings (SSSR count). The number of carbonyl (C=O) groups excluding carboxylic acids is 4. The highest BCUT2D eigenvalue weighted by Gasteiger charge is 2.72. The number of benzene rings is 2. The largest absolute Gasteiger partial charge is 0.504 e. The van der Waals surface area contributed by atoms with E-state index in [-0.39, 0.29) is 43.6 Å². The lowest BCUT2D eigenvalue weighted by atomic mass is 9.49. The molecular formula is C35H40N6O7. The van der Waals surface area contributed by atoms with Gasteiger partial charge in [0.1, 0.15) is 0 Å². The van der Waals surface area contributed by atoms with Crippen LogP contribution in [0.25, 0.3) is 10.9 Å². The maximum Gasteiger partial charge on any atom is 0.243 e. The normalized spacial score (nSPS) is 26.2. The highest BCUT2D eigenvalue weighted by Crippen LogP contribution is 2.69. The van der Waals surface area contributed by atoms with Gasteiger partial charge >= 0.3 is 0 Å². The van der Waals surface area contributed by atoms with Crippen molar-refractivity contribution in [3.8, 4) is 11.5 Å². The molecule has 4 atom stereocenters. The number of para-hydroxylation sites is 1. The van der Waals surface area contributed by atoms with Gasteiger partial charge in [0, 0.05) is 49.8 Å². The molecule has 13 heteroatoms. The van der Waals surface area contributed by atoms with E-state index in [0.29, 0.717) is 42.1 Å². The molecular weight excluding hydrogens is 616 g/mol. The number of carbonyl (C=O) groups is 4. The number of phenolic OH excluding ortho intramolecular Hbond substituents is 1. The second-order valence-corrected chi connectivity index (χ2v) is 13.9. The second kappa shape index (κ2) is 11.2. The number of likely N-dealkylation sites (N-methyl/N-ethyl adjacent to an activating group) is 1. The fourth-order valence-corrected chi connectivity index (χ4v) is 8.80. The molecule has 48 heavy (non-hydrogen) atoms. The van der Waals surface area contributed by atoms with E-state index in [0.717, 1.165) is 40.9 Å². The van der Waals surface area contributed by atoms with Crippen molar-refractivity contribution in [3.05, 3.63) is 52.7 Å². The summed E-state index contributed by atoms with van der Waals surface area (Å²) in [5.41, 5.74) is 3.23. The van der Waals surface area contributed by atoms with Crippen LogP contribution in [0.15, 0.2) is 30.3 Å². The van der Waals surface area contributed by atoms with Crippen molar-refractivity contribution in [3.63, 3.8) is 0 Å². The van der Waals surface area contributed by atoms with Gasteiger partial charge in [-0.25, -0.2) is 0 Å². The molecule has 5 aliphatic rings. The van der Waals surface area contributed by atoms with Crippen molar-refractivity contribution < 1.29 is 34.1 Å². The number of rotatable bonds is 10. The van der Waals surface area contributed by atoms with E-state index in [9.17, 15) is 29.4 Å². The number of aromatic hydroxyl groups is 1. The Morgan fingerprint density at radius 1 is 1.02 bits per heavy atom. The van der Waals surface area contributed by atoms with Crippen LogP contribution in [0.4, 0.5) is 5.69 Å². The van der Waals surface area contributed by atoms with Crippen LogP contribution in [0.5, 0.6) is 11.5 Å². The molecule has 2 aliphatic heterocycles. The third kappa shape index (κ3) is 4.66. The SMILES string of the molecule is CNC(=O)CNC(=O)CCC(=O)NCC(=O)Nc1cccc2c3c([nH]c12)[C@@H]1Oc2c(O)ccc4c2[C@@]12CCN(CC1CC1)[C@H](C4)[C@]2(O)C3. The Kier molecular flexibility index (Phi) is 7.18. The summed E-state index contributed by atoms with van der Waals surface area (Å²) in [6.07, 6.45) is 3.48. The molecule has 3 aromatic rings. The van der Waals surface area contributed by atoms with E-state index >= 15 is 0 Å². The molecule has 3 aliphatic carbocycles. The summed E-state index contributed by atoms with van der Waals surface area (Å²) in [4.78, 5) is 54.5. The molecule has 3 heterocycles. The maximum absolute atomic E-state index is 13.0. The van der Waals surface area contributed by atoms with E-state index in [4.69, 9.17) is 4.74 Å². The average molecular weight is 657 g/mol. The minimum atomic E-state index is -1.12. The van der Waals surface area contributed by atoms with Crippen molar-refractivity contribution in [1.29, 1.82) is 0 Å². The predicted octanol–water partition coefficient (Wildman–Crippen LogP) is 1.27. The van der Waals surface area contributed by atoms with Gasteiger partial charge in [0.15, 0.2) is 17.6 Å². The van der Waals surface area contributed by atoms with E-state index < -0.39 is 34.8 Å². The minimum Gasteiger partial charge on any atom is -0.504 e. The lowest BCUT2D eigenvalue weighted by Crippen LogP contribution is -2.74. The number of nitrogens with one attached hydrogen (secondary N) is 5. The number of piperidine rings is 1. The Hall–Kier alpha value is -4.62. The molecule has 13 nitrogen and oxygen atoms in total. The van der Waals surface area contributed by atoms with Crippen LogP contribution in [0, 0.1) is 5.92 Å². The van der Waals surface area contributed by atoms with Crippen molar-refractivity contribution in [1.82, 2.24) is 25.8 Å². The Bertz CT molecular complexity index is 1870. The minimum absolute atomic E-state index is 0.0796. The van der Waals surface area contributed by atoms with Gasteiger partial charge in [0.25, 0.3) is 0 Å². The number of hydrogen-bond donors (Lipinski definition) is 7. The summed E-state index contributed by atoms with van der Waals surface area (Å²) in [5, 5.41) is 35.2. The number of amides is 4. The van der Waals surface area contributed by atoms with Gasteiger partial charge in [-0.15, -0.1) is 0 Å². The first-order valence-corrected chi connectivity index (χ1v) is 16.8. The number of aromatic amines is 1. The van der Waals surface area contributed by atoms with E-state index in [1.807, 2.05) is 18.2 Å². The topological polar surface area (TPSA) is 185 Å². The van der Waals surface area contributed by atoms with Gasteiger partial charge in [-0.2, -0.15) is 0 Å². The molecule has 252 valence electrons. The molecule has 1 spiro atoms. The van der Waals surface area contributed by atoms with Crippen LogP contribution in [-0.2, 0) is 37.4 Å². The number of likely N-dealkylation sites (tertiary alicyclic amines) is 1. The molecule has 1 aromatic heterocycles. The van der Waals surface area contributed by atoms with Crippen molar-refractivity contribution >= 4 is 40.2 Å². The van der Waals surface area contributed by atoms with E-state index in [2.05, 4.69) is 31.2 Å². The van der Waals surface area contributed by atoms with Gasteiger partial charge < -0.3 is 41.2 Å². The lowest BCUT2D eigenvalue weighted by Gasteiger charge is -2.62. The molecule has 2 fully saturated rings. The van der Waals surface area contributed by atoms with Crippen LogP contribution < -0.4 is 26.0 Å². The van der Waals surface area contributed by atoms with Crippen LogP contribution >= 0.6 is 0 Å². The van der Waals surface area contributed by atoms with Gasteiger partial charge in [0.2, 0.25) is 23.6 Å². The molecule has 0 unspecified atom stereocenters. The number of fused-ring (bicyclic) bond motifs is 4. The van der Waals surface area contributed by atoms with Crippen LogP contribution in [-0.4, -0.2) is 88.6 Å². The van der Waals surface area contributed by atoms with Crippen molar-refractivity contribution in [2.45, 2.75) is 68.1 Å². The Morgan fingerprint density at radius 3 is 2.50 bits per heavy atom. The monoisotopic (exact) mass is 656 g/mol. The van der Waals surface area contributed by atoms with E-state index in [1.165, 1.54) is 19.9 Å². The summed E-state index contributed by atoms with van der Waals surface area (Å²) in [6.45, 7) is 1.37. The zero-order valence-electron chi connectivity index (χ0n) is 26.8. The van der Waals surface area contributed by atoms with Gasteiger partial charge in [0.05, 0.1) is 41.0 Å². The number of phenols is 1. The molecule has 1 saturated carbocycles. The number of ether oxygens (including phenoxy) is 1. The number of hydrogen-bond acceptors (Lipinski definition) is 8. The van der Waals surface area contributed by atoms with Crippen LogP contribution in [0.1, 0.15) is 60.6 Å². The van der Waals surface area contributed by atoms with Crippen molar-refractivity contribution in [2.24, 2.45) is 5.92 Å². The maximum atomic E-state index is 13.0. The molecule has 4 amide bonds. The zero-order valence-corrected chi connectivity index (χ0v) is 26.8. The fraction of sp³-hybridized carbons (Fsp3) is 0.486. The summed E-state index contributed by atoms with van der Waals surface area (Å²) >= 11 is 0. The van der Waals surface area contributed by atoms with Gasteiger partial charge in [-0.1, -0.05) is 18.2 Å². The fourth-order valence-electron chi connectivity index (χ4n) is 8.80. The molecule has 2 aromatic carbocycles. The summed E-state index contributed by atoms with van der Waals surface area (Å²) < 4.78 is 6.67. The molecule has 2 bridgehead atoms. The molecule has 1 saturated heterocycles. The summed E-state index contributed by atoms with van der Waals surface area (Å²) in [5.74, 6) is -0.470. The number of H-pyrrole nitrogens is 1. The Balaban J connectivity index is 1.04. The second-order valence-electron chi connectivity index (χ2n) is 13.9. The first kappa shape index (κ1) is 30.7. The third-order valence-electron chi connectivity index (χ3n) is 11.2. The lowest BCUT2D eigenvalue weighted by molar-refractivity contribution is -0.173. The standard InChI is InChI=1S/C35H40N6O7/c1-36-27(45)15-37-25(43)9-10-26(44)38-16-28(46)39-22-4-2-3-20-21-14-35(47)24-13-19-7-8-23(42)32-29(19)34(35,11-12-41(24)17-18-5-6-18)33(48-32)31(21)40-30(20)22/h2-4,7-8,18,24,33,40,42,47H,5-6,9-17H2,1H3,(H,36,45)(H,37,43)(H,38,44)(H,39,46)/t24-,33+,34+,35-/m1/s1. The number of nitrogens with zero attached hydrogens (tertiary/aromatic N) is 1. The summed E-state index contributed by atoms with van der Waals surface area (Å²) in [6, 6.07) is 9.21. The zero-order chi connectivity index (χ0) is 33.4. The first-order chi connectivity index (χ1) is 23.1. The quantitative estimate of drug-likeness (QED) is 0.170. The first-order valence-electron chi connectivity index (χ1n) is 16.8. The van der Waals surface area contributed by atoms with E-state index in [1.54, 1.807) is 12.1 Å². The molecule has 7 N–H and O–H groups in total. The summed E-state index contributed by atoms with van der Waals surface area (Å²) in [7, 11) is 1.46. The smallest absolute Gasteiger partial charge is 0.243 e. The number of aromatic nitrogens is 1. The van der Waals surface area contributed by atoms with Gasteiger partial charge in [-0.3, -0.25) is 24.1 Å². The average Bonchev–Trinajstić information content (AvgIpc) is 3.71. The highest BCUT2D eigenvalue weighted by molar-refractivity contribution is 6.03. The molecule has 0 radical (unpaired) electrons. The Morgan fingerprint density at radius 2 is 1.77 bits per heavy atom.